The minimum atomic E-state index is -0.334. The Kier molecular flexibility index (Phi) is 6.48. The highest BCUT2D eigenvalue weighted by molar-refractivity contribution is 6.30. The first-order chi connectivity index (χ1) is 16.9. The van der Waals surface area contributed by atoms with Crippen molar-refractivity contribution in [2.45, 2.75) is 44.4 Å². The normalized spacial score (nSPS) is 18.4. The Bertz CT molecular complexity index is 1200. The molecule has 1 heterocycles. The summed E-state index contributed by atoms with van der Waals surface area (Å²) in [5, 5.41) is 3.36. The number of rotatable bonds is 5. The van der Waals surface area contributed by atoms with Gasteiger partial charge in [0.1, 0.15) is 5.75 Å². The highest BCUT2D eigenvalue weighted by Gasteiger charge is 2.42. The molecule has 0 spiro atoms. The van der Waals surface area contributed by atoms with Gasteiger partial charge in [-0.1, -0.05) is 23.7 Å². The Morgan fingerprint density at radius 1 is 0.914 bits per heavy atom. The van der Waals surface area contributed by atoms with Crippen LogP contribution < -0.4 is 10.1 Å². The summed E-state index contributed by atoms with van der Waals surface area (Å²) in [6.45, 7) is -0.141. The maximum atomic E-state index is 13.1. The molecule has 0 bridgehead atoms. The Hall–Kier alpha value is -3.38. The van der Waals surface area contributed by atoms with Crippen LogP contribution in [0.4, 0.5) is 5.69 Å². The lowest BCUT2D eigenvalue weighted by Crippen LogP contribution is -2.37. The maximum absolute atomic E-state index is 13.1. The Balaban J connectivity index is 1.36. The van der Waals surface area contributed by atoms with Gasteiger partial charge in [-0.15, -0.1) is 0 Å². The van der Waals surface area contributed by atoms with Gasteiger partial charge in [-0.3, -0.25) is 14.4 Å². The lowest BCUT2D eigenvalue weighted by molar-refractivity contribution is -0.118. The number of amides is 1. The van der Waals surface area contributed by atoms with E-state index < -0.39 is 0 Å². The van der Waals surface area contributed by atoms with Gasteiger partial charge in [0.05, 0.1) is 0 Å². The minimum Gasteiger partial charge on any atom is -0.484 e. The number of nitrogens with one attached hydrogen (secondary N) is 1. The summed E-state index contributed by atoms with van der Waals surface area (Å²) in [7, 11) is 1.99. The van der Waals surface area contributed by atoms with Gasteiger partial charge in [0, 0.05) is 59.1 Å². The maximum Gasteiger partial charge on any atom is 0.262 e. The zero-order valence-electron chi connectivity index (χ0n) is 19.6. The van der Waals surface area contributed by atoms with Crippen molar-refractivity contribution in [3.63, 3.8) is 0 Å². The third-order valence-corrected chi connectivity index (χ3v) is 7.21. The number of Topliss-reactive ketones (excluding diaryl/α,β-unsaturated/α-hetero) is 2. The molecule has 0 saturated carbocycles. The molecule has 0 radical (unpaired) electrons. The minimum absolute atomic E-state index is 0.132. The molecule has 0 fully saturated rings. The predicted octanol–water partition coefficient (Wildman–Crippen LogP) is 5.40. The van der Waals surface area contributed by atoms with Gasteiger partial charge >= 0.3 is 0 Å². The molecule has 0 unspecified atom stereocenters. The number of carbonyl (C=O) groups excluding carboxylic acids is 3. The van der Waals surface area contributed by atoms with Gasteiger partial charge in [0.25, 0.3) is 5.91 Å². The molecular formula is C28H27ClN2O4. The highest BCUT2D eigenvalue weighted by Crippen LogP contribution is 2.48. The fourth-order valence-corrected chi connectivity index (χ4v) is 5.45. The van der Waals surface area contributed by atoms with Crippen LogP contribution in [0.5, 0.6) is 5.75 Å². The van der Waals surface area contributed by atoms with Crippen LogP contribution in [0.3, 0.4) is 0 Å². The number of halogens is 1. The molecule has 5 rings (SSSR count). The third kappa shape index (κ3) is 4.63. The average molecular weight is 491 g/mol. The number of benzene rings is 2. The molecule has 1 aliphatic heterocycles. The van der Waals surface area contributed by atoms with E-state index >= 15 is 0 Å². The van der Waals surface area contributed by atoms with Gasteiger partial charge in [-0.2, -0.15) is 0 Å². The number of nitrogens with zero attached hydrogens (tertiary/aromatic N) is 1. The molecule has 35 heavy (non-hydrogen) atoms. The summed E-state index contributed by atoms with van der Waals surface area (Å²) >= 11 is 5.87. The highest BCUT2D eigenvalue weighted by atomic mass is 35.5. The number of anilines is 1. The zero-order valence-corrected chi connectivity index (χ0v) is 20.4. The van der Waals surface area contributed by atoms with Gasteiger partial charge in [0.15, 0.2) is 18.2 Å². The van der Waals surface area contributed by atoms with Gasteiger partial charge in [0.2, 0.25) is 0 Å². The molecule has 7 heteroatoms. The van der Waals surface area contributed by atoms with Gasteiger partial charge in [-0.05, 0) is 67.6 Å². The first-order valence-electron chi connectivity index (χ1n) is 12.0. The van der Waals surface area contributed by atoms with Crippen LogP contribution >= 0.6 is 11.6 Å². The molecule has 1 N–H and O–H groups in total. The summed E-state index contributed by atoms with van der Waals surface area (Å²) in [6.07, 6.45) is 4.42. The van der Waals surface area contributed by atoms with E-state index in [1.807, 2.05) is 19.2 Å². The van der Waals surface area contributed by atoms with E-state index in [4.69, 9.17) is 16.3 Å². The van der Waals surface area contributed by atoms with Crippen molar-refractivity contribution in [3.8, 4) is 5.75 Å². The van der Waals surface area contributed by atoms with Crippen molar-refractivity contribution < 1.29 is 19.1 Å². The summed E-state index contributed by atoms with van der Waals surface area (Å²) in [5.41, 5.74) is 5.19. The molecule has 2 aromatic rings. The Morgan fingerprint density at radius 3 is 2.06 bits per heavy atom. The summed E-state index contributed by atoms with van der Waals surface area (Å²) in [6, 6.07) is 14.3. The standard InChI is InChI=1S/C28H27ClN2O4/c1-31-21-4-2-6-23(32)27(21)26(28-22(31)5-3-7-24(28)33)17-8-14-20(15-9-17)35-16-25(34)30-19-12-10-18(29)11-13-19/h8-15,26H,2-7,16H2,1H3,(H,30,34). The number of hydrogen-bond donors (Lipinski definition) is 1. The SMILES string of the molecule is CN1C2=C(C(=O)CCC2)C(c2ccc(OCC(=O)Nc3ccc(Cl)cc3)cc2)C2=C1CCCC2=O. The summed E-state index contributed by atoms with van der Waals surface area (Å²) in [4.78, 5) is 40.5. The van der Waals surface area contributed by atoms with Crippen molar-refractivity contribution in [2.24, 2.45) is 0 Å². The molecule has 6 nitrogen and oxygen atoms in total. The van der Waals surface area contributed by atoms with E-state index in [-0.39, 0.29) is 30.0 Å². The molecule has 1 amide bonds. The van der Waals surface area contributed by atoms with Gasteiger partial charge in [-0.25, -0.2) is 0 Å². The largest absolute Gasteiger partial charge is 0.484 e. The smallest absolute Gasteiger partial charge is 0.262 e. The molecule has 0 saturated heterocycles. The predicted molar refractivity (Wildman–Crippen MR) is 134 cm³/mol. The van der Waals surface area contributed by atoms with E-state index in [1.54, 1.807) is 36.4 Å². The van der Waals surface area contributed by atoms with Crippen LogP contribution in [0.25, 0.3) is 0 Å². The summed E-state index contributed by atoms with van der Waals surface area (Å²) < 4.78 is 5.67. The number of hydrogen-bond acceptors (Lipinski definition) is 5. The molecule has 180 valence electrons. The fourth-order valence-electron chi connectivity index (χ4n) is 5.32. The van der Waals surface area contributed by atoms with Crippen LogP contribution in [-0.2, 0) is 14.4 Å². The molecular weight excluding hydrogens is 464 g/mol. The van der Waals surface area contributed by atoms with E-state index in [1.165, 1.54) is 0 Å². The number of allylic oxidation sites excluding steroid dienone is 4. The first kappa shape index (κ1) is 23.4. The average Bonchev–Trinajstić information content (AvgIpc) is 2.86. The quantitative estimate of drug-likeness (QED) is 0.607. The van der Waals surface area contributed by atoms with E-state index in [0.717, 1.165) is 53.8 Å². The molecule has 2 aromatic carbocycles. The summed E-state index contributed by atoms with van der Waals surface area (Å²) in [5.74, 6) is 0.191. The number of carbonyl (C=O) groups is 3. The molecule has 0 atom stereocenters. The molecule has 2 aliphatic carbocycles. The fraction of sp³-hybridized carbons (Fsp3) is 0.321. The van der Waals surface area contributed by atoms with Crippen molar-refractivity contribution >= 4 is 34.8 Å². The third-order valence-electron chi connectivity index (χ3n) is 6.96. The Labute approximate surface area is 209 Å². The van der Waals surface area contributed by atoms with Crippen LogP contribution in [0, 0.1) is 0 Å². The van der Waals surface area contributed by atoms with Crippen molar-refractivity contribution in [1.82, 2.24) is 4.90 Å². The topological polar surface area (TPSA) is 75.7 Å². The Morgan fingerprint density at radius 2 is 1.49 bits per heavy atom. The van der Waals surface area contributed by atoms with Crippen LogP contribution in [0.2, 0.25) is 5.02 Å². The van der Waals surface area contributed by atoms with Crippen molar-refractivity contribution in [3.05, 3.63) is 81.7 Å². The zero-order chi connectivity index (χ0) is 24.5. The van der Waals surface area contributed by atoms with E-state index in [2.05, 4.69) is 10.2 Å². The second-order valence-electron chi connectivity index (χ2n) is 9.18. The molecule has 0 aromatic heterocycles. The number of ether oxygens (including phenoxy) is 1. The lowest BCUT2D eigenvalue weighted by Gasteiger charge is -2.42. The molecule has 3 aliphatic rings. The van der Waals surface area contributed by atoms with Crippen LogP contribution in [-0.4, -0.2) is 36.0 Å². The van der Waals surface area contributed by atoms with Crippen molar-refractivity contribution in [2.75, 3.05) is 19.0 Å². The second kappa shape index (κ2) is 9.70. The van der Waals surface area contributed by atoms with Crippen LogP contribution in [0.15, 0.2) is 71.1 Å². The van der Waals surface area contributed by atoms with Crippen molar-refractivity contribution in [1.29, 1.82) is 0 Å². The second-order valence-corrected chi connectivity index (χ2v) is 9.62. The monoisotopic (exact) mass is 490 g/mol. The van der Waals surface area contributed by atoms with Crippen LogP contribution in [0.1, 0.15) is 50.0 Å². The number of ketones is 2. The van der Waals surface area contributed by atoms with E-state index in [9.17, 15) is 14.4 Å². The van der Waals surface area contributed by atoms with E-state index in [0.29, 0.717) is 29.3 Å². The van der Waals surface area contributed by atoms with Gasteiger partial charge < -0.3 is 15.0 Å². The lowest BCUT2D eigenvalue weighted by atomic mass is 9.71. The first-order valence-corrected chi connectivity index (χ1v) is 12.3.